The third kappa shape index (κ3) is 3.26. The third-order valence-electron chi connectivity index (χ3n) is 2.83. The lowest BCUT2D eigenvalue weighted by atomic mass is 10.0. The van der Waals surface area contributed by atoms with Gasteiger partial charge in [-0.1, -0.05) is 0 Å². The van der Waals surface area contributed by atoms with E-state index in [2.05, 4.69) is 26.2 Å². The number of aryl methyl sites for hydroxylation is 1. The Labute approximate surface area is 109 Å². The number of nitrogens with one attached hydrogen (secondary N) is 1. The van der Waals surface area contributed by atoms with Crippen molar-refractivity contribution in [2.24, 2.45) is 5.92 Å². The molecule has 2 rings (SSSR count). The molecule has 0 radical (unpaired) electrons. The van der Waals surface area contributed by atoms with Gasteiger partial charge in [-0.25, -0.2) is 4.98 Å². The van der Waals surface area contributed by atoms with Crippen LogP contribution in [-0.4, -0.2) is 24.1 Å². The van der Waals surface area contributed by atoms with Crippen LogP contribution in [0.4, 0.5) is 5.82 Å². The van der Waals surface area contributed by atoms with Gasteiger partial charge in [0.25, 0.3) is 0 Å². The number of carbonyl (C=O) groups excluding carboxylic acids is 1. The Morgan fingerprint density at radius 2 is 2.47 bits per heavy atom. The lowest BCUT2D eigenvalue weighted by Crippen LogP contribution is -2.30. The minimum atomic E-state index is -0.0468. The molecule has 4 nitrogen and oxygen atoms in total. The van der Waals surface area contributed by atoms with Gasteiger partial charge in [-0.3, -0.25) is 4.79 Å². The highest BCUT2D eigenvalue weighted by molar-refractivity contribution is 9.10. The Balaban J connectivity index is 1.99. The topological polar surface area (TPSA) is 51.2 Å². The van der Waals surface area contributed by atoms with Gasteiger partial charge in [0, 0.05) is 17.3 Å². The molecule has 1 aliphatic heterocycles. The van der Waals surface area contributed by atoms with Crippen molar-refractivity contribution in [3.63, 3.8) is 0 Å². The largest absolute Gasteiger partial charge is 0.381 e. The van der Waals surface area contributed by atoms with Crippen molar-refractivity contribution < 1.29 is 9.53 Å². The van der Waals surface area contributed by atoms with Gasteiger partial charge < -0.3 is 10.1 Å². The maximum Gasteiger partial charge on any atom is 0.230 e. The fraction of sp³-hybridized carbons (Fsp3) is 0.500. The van der Waals surface area contributed by atoms with Crippen LogP contribution in [0, 0.1) is 12.8 Å². The van der Waals surface area contributed by atoms with Crippen molar-refractivity contribution in [2.75, 3.05) is 18.5 Å². The summed E-state index contributed by atoms with van der Waals surface area (Å²) in [7, 11) is 0. The number of hydrogen-bond donors (Lipinski definition) is 1. The van der Waals surface area contributed by atoms with Crippen LogP contribution in [0.5, 0.6) is 0 Å². The van der Waals surface area contributed by atoms with Crippen LogP contribution in [0.1, 0.15) is 18.4 Å². The van der Waals surface area contributed by atoms with E-state index in [1.54, 1.807) is 6.20 Å². The molecule has 1 unspecified atom stereocenters. The summed E-state index contributed by atoms with van der Waals surface area (Å²) in [6.07, 6.45) is 3.54. The second-order valence-corrected chi connectivity index (χ2v) is 5.08. The summed E-state index contributed by atoms with van der Waals surface area (Å²) in [5.74, 6) is 0.551. The Bertz CT molecular complexity index is 417. The van der Waals surface area contributed by atoms with E-state index < -0.39 is 0 Å². The van der Waals surface area contributed by atoms with E-state index in [0.717, 1.165) is 29.5 Å². The van der Waals surface area contributed by atoms with Gasteiger partial charge in [-0.05, 0) is 47.3 Å². The number of aromatic nitrogens is 1. The molecule has 0 aliphatic carbocycles. The van der Waals surface area contributed by atoms with E-state index in [-0.39, 0.29) is 11.8 Å². The van der Waals surface area contributed by atoms with Gasteiger partial charge in [0.1, 0.15) is 5.82 Å². The molecule has 17 heavy (non-hydrogen) atoms. The van der Waals surface area contributed by atoms with Gasteiger partial charge in [-0.2, -0.15) is 0 Å². The van der Waals surface area contributed by atoms with E-state index in [4.69, 9.17) is 4.74 Å². The van der Waals surface area contributed by atoms with Crippen molar-refractivity contribution in [3.8, 4) is 0 Å². The van der Waals surface area contributed by atoms with Crippen LogP contribution in [0.2, 0.25) is 0 Å². The first-order chi connectivity index (χ1) is 8.16. The summed E-state index contributed by atoms with van der Waals surface area (Å²) in [6.45, 7) is 3.24. The molecule has 1 aromatic heterocycles. The van der Waals surface area contributed by atoms with Crippen molar-refractivity contribution in [2.45, 2.75) is 19.8 Å². The smallest absolute Gasteiger partial charge is 0.230 e. The average Bonchev–Trinajstić information content (AvgIpc) is 2.35. The van der Waals surface area contributed by atoms with Crippen molar-refractivity contribution in [1.82, 2.24) is 4.98 Å². The van der Waals surface area contributed by atoms with Crippen molar-refractivity contribution in [1.29, 1.82) is 0 Å². The second kappa shape index (κ2) is 5.60. The monoisotopic (exact) mass is 298 g/mol. The van der Waals surface area contributed by atoms with Crippen LogP contribution in [-0.2, 0) is 9.53 Å². The van der Waals surface area contributed by atoms with E-state index in [9.17, 15) is 4.79 Å². The number of carbonyl (C=O) groups is 1. The molecular formula is C12H15BrN2O2. The van der Waals surface area contributed by atoms with Crippen molar-refractivity contribution >= 4 is 27.7 Å². The Hall–Kier alpha value is -0.940. The minimum Gasteiger partial charge on any atom is -0.381 e. The zero-order valence-electron chi connectivity index (χ0n) is 9.70. The van der Waals surface area contributed by atoms with Crippen LogP contribution >= 0.6 is 15.9 Å². The van der Waals surface area contributed by atoms with Crippen LogP contribution in [0.25, 0.3) is 0 Å². The summed E-state index contributed by atoms with van der Waals surface area (Å²) in [5, 5.41) is 2.83. The highest BCUT2D eigenvalue weighted by Crippen LogP contribution is 2.19. The first-order valence-corrected chi connectivity index (χ1v) is 6.47. The fourth-order valence-electron chi connectivity index (χ4n) is 1.78. The molecule has 0 spiro atoms. The van der Waals surface area contributed by atoms with E-state index >= 15 is 0 Å². The standard InChI is InChI=1S/C12H15BrN2O2/c1-8-5-11(14-6-10(8)13)15-12(16)9-3-2-4-17-7-9/h5-6,9H,2-4,7H2,1H3,(H,14,15,16). The van der Waals surface area contributed by atoms with E-state index in [1.807, 2.05) is 13.0 Å². The number of hydrogen-bond acceptors (Lipinski definition) is 3. The van der Waals surface area contributed by atoms with Gasteiger partial charge >= 0.3 is 0 Å². The van der Waals surface area contributed by atoms with Gasteiger partial charge in [-0.15, -0.1) is 0 Å². The summed E-state index contributed by atoms with van der Waals surface area (Å²) in [5.41, 5.74) is 1.05. The summed E-state index contributed by atoms with van der Waals surface area (Å²) in [4.78, 5) is 16.1. The molecule has 5 heteroatoms. The molecule has 2 heterocycles. The summed E-state index contributed by atoms with van der Waals surface area (Å²) >= 11 is 3.38. The van der Waals surface area contributed by atoms with Gasteiger partial charge in [0.2, 0.25) is 5.91 Å². The molecule has 0 bridgehead atoms. The summed E-state index contributed by atoms with van der Waals surface area (Å²) < 4.78 is 6.24. The molecular weight excluding hydrogens is 284 g/mol. The quantitative estimate of drug-likeness (QED) is 0.913. The van der Waals surface area contributed by atoms with Gasteiger partial charge in [0.15, 0.2) is 0 Å². The number of anilines is 1. The zero-order chi connectivity index (χ0) is 12.3. The molecule has 1 amide bonds. The third-order valence-corrected chi connectivity index (χ3v) is 3.66. The summed E-state index contributed by atoms with van der Waals surface area (Å²) in [6, 6.07) is 1.85. The fourth-order valence-corrected chi connectivity index (χ4v) is 2.00. The van der Waals surface area contributed by atoms with Crippen LogP contribution < -0.4 is 5.32 Å². The van der Waals surface area contributed by atoms with E-state index in [0.29, 0.717) is 12.4 Å². The molecule has 1 saturated heterocycles. The normalized spacial score (nSPS) is 20.0. The Morgan fingerprint density at radius 1 is 1.65 bits per heavy atom. The highest BCUT2D eigenvalue weighted by atomic mass is 79.9. The minimum absolute atomic E-state index is 0.000998. The molecule has 1 fully saturated rings. The van der Waals surface area contributed by atoms with Crippen LogP contribution in [0.3, 0.4) is 0 Å². The van der Waals surface area contributed by atoms with Crippen LogP contribution in [0.15, 0.2) is 16.7 Å². The number of pyridine rings is 1. The lowest BCUT2D eigenvalue weighted by Gasteiger charge is -2.21. The maximum absolute atomic E-state index is 11.9. The number of amides is 1. The molecule has 1 N–H and O–H groups in total. The number of rotatable bonds is 2. The number of ether oxygens (including phenoxy) is 1. The van der Waals surface area contributed by atoms with E-state index in [1.165, 1.54) is 0 Å². The molecule has 1 atom stereocenters. The molecule has 1 aromatic rings. The number of halogens is 1. The predicted octanol–water partition coefficient (Wildman–Crippen LogP) is 2.52. The highest BCUT2D eigenvalue weighted by Gasteiger charge is 2.22. The zero-order valence-corrected chi connectivity index (χ0v) is 11.3. The molecule has 92 valence electrons. The molecule has 1 aliphatic rings. The second-order valence-electron chi connectivity index (χ2n) is 4.22. The Morgan fingerprint density at radius 3 is 3.12 bits per heavy atom. The average molecular weight is 299 g/mol. The lowest BCUT2D eigenvalue weighted by molar-refractivity contribution is -0.123. The predicted molar refractivity (Wildman–Crippen MR) is 68.8 cm³/mol. The first kappa shape index (κ1) is 12.5. The molecule has 0 saturated carbocycles. The Kier molecular flexibility index (Phi) is 4.12. The first-order valence-electron chi connectivity index (χ1n) is 5.67. The number of nitrogens with zero attached hydrogens (tertiary/aromatic N) is 1. The SMILES string of the molecule is Cc1cc(NC(=O)C2CCCOC2)ncc1Br. The van der Waals surface area contributed by atoms with Crippen molar-refractivity contribution in [3.05, 3.63) is 22.3 Å². The maximum atomic E-state index is 11.9. The van der Waals surface area contributed by atoms with Gasteiger partial charge in [0.05, 0.1) is 12.5 Å². The molecule has 0 aromatic carbocycles.